The van der Waals surface area contributed by atoms with Crippen LogP contribution in [-0.2, 0) is 4.79 Å². The topological polar surface area (TPSA) is 37.3 Å². The van der Waals surface area contributed by atoms with E-state index in [2.05, 4.69) is 19.6 Å². The minimum absolute atomic E-state index is 0.467. The van der Waals surface area contributed by atoms with E-state index in [0.717, 1.165) is 12.8 Å². The zero-order chi connectivity index (χ0) is 10.8. The second-order valence-corrected chi connectivity index (χ2v) is 4.39. The lowest BCUT2D eigenvalue weighted by molar-refractivity contribution is -0.136. The van der Waals surface area contributed by atoms with Crippen molar-refractivity contribution >= 4 is 18.6 Å². The summed E-state index contributed by atoms with van der Waals surface area (Å²) in [6, 6.07) is 0. The summed E-state index contributed by atoms with van der Waals surface area (Å²) in [4.78, 5) is 10.4. The molecular formula is C11H22O2S. The molecule has 0 amide bonds. The quantitative estimate of drug-likeness (QED) is 0.459. The largest absolute Gasteiger partial charge is 0.480 e. The minimum atomic E-state index is -0.792. The maximum Gasteiger partial charge on any atom is 0.316 e. The van der Waals surface area contributed by atoms with Crippen LogP contribution in [0.15, 0.2) is 0 Å². The fourth-order valence-electron chi connectivity index (χ4n) is 1.42. The van der Waals surface area contributed by atoms with Crippen molar-refractivity contribution in [3.8, 4) is 0 Å². The Balaban J connectivity index is 3.09. The van der Waals surface area contributed by atoms with Crippen LogP contribution >= 0.6 is 12.6 Å². The van der Waals surface area contributed by atoms with E-state index >= 15 is 0 Å². The molecule has 3 heteroatoms. The molecule has 14 heavy (non-hydrogen) atoms. The smallest absolute Gasteiger partial charge is 0.316 e. The van der Waals surface area contributed by atoms with Crippen LogP contribution in [0.25, 0.3) is 0 Å². The van der Waals surface area contributed by atoms with Gasteiger partial charge in [-0.15, -0.1) is 0 Å². The van der Waals surface area contributed by atoms with Crippen molar-refractivity contribution in [1.29, 1.82) is 0 Å². The number of carboxylic acids is 1. The normalized spacial score (nSPS) is 12.7. The number of unbranched alkanes of at least 4 members (excludes halogenated alkanes) is 6. The van der Waals surface area contributed by atoms with Gasteiger partial charge in [0.05, 0.1) is 5.25 Å². The Morgan fingerprint density at radius 3 is 2.14 bits per heavy atom. The first-order chi connectivity index (χ1) is 6.68. The molecular weight excluding hydrogens is 196 g/mol. The lowest BCUT2D eigenvalue weighted by Gasteiger charge is -2.04. The van der Waals surface area contributed by atoms with E-state index in [-0.39, 0.29) is 0 Å². The van der Waals surface area contributed by atoms with Crippen molar-refractivity contribution in [2.75, 3.05) is 0 Å². The van der Waals surface area contributed by atoms with E-state index in [1.807, 2.05) is 0 Å². The van der Waals surface area contributed by atoms with Crippen LogP contribution in [0.5, 0.6) is 0 Å². The van der Waals surface area contributed by atoms with Gasteiger partial charge in [-0.2, -0.15) is 12.6 Å². The van der Waals surface area contributed by atoms with Gasteiger partial charge in [-0.1, -0.05) is 51.9 Å². The van der Waals surface area contributed by atoms with Gasteiger partial charge in [0, 0.05) is 0 Å². The molecule has 0 aliphatic rings. The zero-order valence-electron chi connectivity index (χ0n) is 9.04. The summed E-state index contributed by atoms with van der Waals surface area (Å²) in [6.45, 7) is 2.21. The number of hydrogen-bond acceptors (Lipinski definition) is 2. The molecule has 0 saturated heterocycles. The summed E-state index contributed by atoms with van der Waals surface area (Å²) in [5.74, 6) is -0.792. The monoisotopic (exact) mass is 218 g/mol. The van der Waals surface area contributed by atoms with Crippen molar-refractivity contribution in [3.05, 3.63) is 0 Å². The molecule has 1 N–H and O–H groups in total. The number of hydrogen-bond donors (Lipinski definition) is 2. The molecule has 1 atom stereocenters. The maximum absolute atomic E-state index is 10.4. The first-order valence-electron chi connectivity index (χ1n) is 5.59. The standard InChI is InChI=1S/C11H22O2S/c1-2-3-4-5-6-7-8-9-10(14)11(12)13/h10,14H,2-9H2,1H3,(H,12,13). The highest BCUT2D eigenvalue weighted by Crippen LogP contribution is 2.12. The second-order valence-electron chi connectivity index (χ2n) is 3.76. The predicted octanol–water partition coefficient (Wildman–Crippen LogP) is 3.51. The second kappa shape index (κ2) is 9.38. The summed E-state index contributed by atoms with van der Waals surface area (Å²) in [6.07, 6.45) is 9.28. The molecule has 0 radical (unpaired) electrons. The summed E-state index contributed by atoms with van der Waals surface area (Å²) in [5.41, 5.74) is 0. The van der Waals surface area contributed by atoms with Gasteiger partial charge in [0.25, 0.3) is 0 Å². The Hall–Kier alpha value is -0.180. The molecule has 0 aromatic heterocycles. The molecule has 0 heterocycles. The fourth-order valence-corrected chi connectivity index (χ4v) is 1.60. The first kappa shape index (κ1) is 13.8. The van der Waals surface area contributed by atoms with Crippen molar-refractivity contribution < 1.29 is 9.90 Å². The zero-order valence-corrected chi connectivity index (χ0v) is 9.93. The van der Waals surface area contributed by atoms with Gasteiger partial charge in [-0.05, 0) is 6.42 Å². The molecule has 0 saturated carbocycles. The van der Waals surface area contributed by atoms with Crippen molar-refractivity contribution in [2.24, 2.45) is 0 Å². The summed E-state index contributed by atoms with van der Waals surface area (Å²) in [7, 11) is 0. The van der Waals surface area contributed by atoms with Gasteiger partial charge in [-0.3, -0.25) is 4.79 Å². The highest BCUT2D eigenvalue weighted by molar-refractivity contribution is 7.81. The van der Waals surface area contributed by atoms with E-state index in [0.29, 0.717) is 6.42 Å². The number of aliphatic carboxylic acids is 1. The Morgan fingerprint density at radius 2 is 1.64 bits per heavy atom. The highest BCUT2D eigenvalue weighted by Gasteiger charge is 2.10. The predicted molar refractivity (Wildman–Crippen MR) is 63.0 cm³/mol. The number of rotatable bonds is 9. The molecule has 0 aromatic carbocycles. The van der Waals surface area contributed by atoms with Crippen LogP contribution in [0.1, 0.15) is 58.3 Å². The SMILES string of the molecule is CCCCCCCCCC(S)C(=O)O. The third-order valence-corrected chi connectivity index (χ3v) is 2.85. The molecule has 0 aliphatic carbocycles. The van der Waals surface area contributed by atoms with Crippen molar-refractivity contribution in [2.45, 2.75) is 63.5 Å². The molecule has 0 rings (SSSR count). The number of carbonyl (C=O) groups is 1. The van der Waals surface area contributed by atoms with Gasteiger partial charge < -0.3 is 5.11 Å². The molecule has 0 aliphatic heterocycles. The van der Waals surface area contributed by atoms with E-state index < -0.39 is 11.2 Å². The highest BCUT2D eigenvalue weighted by atomic mass is 32.1. The third kappa shape index (κ3) is 8.42. The maximum atomic E-state index is 10.4. The van der Waals surface area contributed by atoms with Gasteiger partial charge in [0.1, 0.15) is 0 Å². The van der Waals surface area contributed by atoms with E-state index in [4.69, 9.17) is 5.11 Å². The average molecular weight is 218 g/mol. The Bertz CT molecular complexity index is 148. The van der Waals surface area contributed by atoms with Crippen LogP contribution in [0.3, 0.4) is 0 Å². The average Bonchev–Trinajstić information content (AvgIpc) is 2.16. The fraction of sp³-hybridized carbons (Fsp3) is 0.909. The summed E-state index contributed by atoms with van der Waals surface area (Å²) >= 11 is 3.98. The van der Waals surface area contributed by atoms with Crippen LogP contribution in [0.4, 0.5) is 0 Å². The van der Waals surface area contributed by atoms with Gasteiger partial charge in [0.15, 0.2) is 0 Å². The minimum Gasteiger partial charge on any atom is -0.480 e. The van der Waals surface area contributed by atoms with Crippen LogP contribution in [-0.4, -0.2) is 16.3 Å². The Morgan fingerprint density at radius 1 is 1.14 bits per heavy atom. The van der Waals surface area contributed by atoms with Gasteiger partial charge in [-0.25, -0.2) is 0 Å². The van der Waals surface area contributed by atoms with Crippen molar-refractivity contribution in [1.82, 2.24) is 0 Å². The number of carboxylic acid groups (broad SMARTS) is 1. The lowest BCUT2D eigenvalue weighted by Crippen LogP contribution is -2.12. The molecule has 1 unspecified atom stereocenters. The first-order valence-corrected chi connectivity index (χ1v) is 6.11. The van der Waals surface area contributed by atoms with Gasteiger partial charge in [0.2, 0.25) is 0 Å². The summed E-state index contributed by atoms with van der Waals surface area (Å²) < 4.78 is 0. The molecule has 0 spiro atoms. The van der Waals surface area contributed by atoms with Crippen LogP contribution in [0, 0.1) is 0 Å². The van der Waals surface area contributed by atoms with Crippen molar-refractivity contribution in [3.63, 3.8) is 0 Å². The lowest BCUT2D eigenvalue weighted by atomic mass is 10.1. The molecule has 0 fully saturated rings. The third-order valence-electron chi connectivity index (χ3n) is 2.37. The molecule has 2 nitrogen and oxygen atoms in total. The van der Waals surface area contributed by atoms with Gasteiger partial charge >= 0.3 is 5.97 Å². The van der Waals surface area contributed by atoms with E-state index in [1.54, 1.807) is 0 Å². The molecule has 0 aromatic rings. The van der Waals surface area contributed by atoms with Crippen LogP contribution < -0.4 is 0 Å². The summed E-state index contributed by atoms with van der Waals surface area (Å²) in [5, 5.41) is 8.11. The molecule has 0 bridgehead atoms. The van der Waals surface area contributed by atoms with E-state index in [9.17, 15) is 4.79 Å². The number of thiol groups is 1. The Kier molecular flexibility index (Phi) is 9.26. The van der Waals surface area contributed by atoms with E-state index in [1.165, 1.54) is 32.1 Å². The molecule has 84 valence electrons. The van der Waals surface area contributed by atoms with Crippen LogP contribution in [0.2, 0.25) is 0 Å². The Labute approximate surface area is 92.5 Å².